The minimum Gasteiger partial charge on any atom is -0.298 e. The Labute approximate surface area is 113 Å². The Balaban J connectivity index is 2.15. The Morgan fingerprint density at radius 2 is 2.35 bits per heavy atom. The van der Waals surface area contributed by atoms with E-state index < -0.39 is 0 Å². The van der Waals surface area contributed by atoms with E-state index in [1.165, 1.54) is 6.07 Å². The van der Waals surface area contributed by atoms with Gasteiger partial charge in [0, 0.05) is 10.9 Å². The highest BCUT2D eigenvalue weighted by molar-refractivity contribution is 9.10. The van der Waals surface area contributed by atoms with E-state index in [2.05, 4.69) is 15.9 Å². The van der Waals surface area contributed by atoms with Crippen molar-refractivity contribution in [1.82, 2.24) is 0 Å². The second-order valence-electron chi connectivity index (χ2n) is 4.52. The summed E-state index contributed by atoms with van der Waals surface area (Å²) in [6.07, 6.45) is 2.18. The molecular formula is C13H14BrFOS. The summed E-state index contributed by atoms with van der Waals surface area (Å²) in [5, 5.41) is 0. The van der Waals surface area contributed by atoms with Gasteiger partial charge in [-0.2, -0.15) is 0 Å². The molecule has 1 aliphatic heterocycles. The topological polar surface area (TPSA) is 17.1 Å². The molecule has 17 heavy (non-hydrogen) atoms. The number of carbonyl (C=O) groups is 1. The molecule has 92 valence electrons. The highest BCUT2D eigenvalue weighted by Crippen LogP contribution is 2.39. The largest absolute Gasteiger partial charge is 0.298 e. The van der Waals surface area contributed by atoms with Crippen LogP contribution < -0.4 is 0 Å². The van der Waals surface area contributed by atoms with Gasteiger partial charge in [0.1, 0.15) is 5.82 Å². The van der Waals surface area contributed by atoms with Gasteiger partial charge in [-0.25, -0.2) is 4.39 Å². The summed E-state index contributed by atoms with van der Waals surface area (Å²) in [6.45, 7) is 1.98. The zero-order valence-electron chi connectivity index (χ0n) is 9.63. The van der Waals surface area contributed by atoms with E-state index in [1.807, 2.05) is 6.92 Å². The number of halogens is 2. The van der Waals surface area contributed by atoms with Crippen LogP contribution in [-0.4, -0.2) is 16.3 Å². The van der Waals surface area contributed by atoms with Crippen molar-refractivity contribution < 1.29 is 9.18 Å². The van der Waals surface area contributed by atoms with E-state index in [0.29, 0.717) is 5.56 Å². The lowest BCUT2D eigenvalue weighted by atomic mass is 9.95. The standard InChI is InChI=1S/C13H14BrFOS/c1-13(5-2-6-17-13)12(16)8-9-7-10(14)3-4-11(9)15/h3-4,7H,2,5-6,8H2,1H3. The summed E-state index contributed by atoms with van der Waals surface area (Å²) < 4.78 is 14.1. The smallest absolute Gasteiger partial charge is 0.153 e. The molecule has 1 aromatic carbocycles. The molecule has 4 heteroatoms. The quantitative estimate of drug-likeness (QED) is 0.839. The average Bonchev–Trinajstić information content (AvgIpc) is 2.72. The van der Waals surface area contributed by atoms with Crippen molar-refractivity contribution in [2.45, 2.75) is 30.9 Å². The van der Waals surface area contributed by atoms with Crippen molar-refractivity contribution in [3.8, 4) is 0 Å². The molecule has 0 aromatic heterocycles. The Kier molecular flexibility index (Phi) is 3.93. The Morgan fingerprint density at radius 1 is 1.59 bits per heavy atom. The molecule has 1 aromatic rings. The lowest BCUT2D eigenvalue weighted by Crippen LogP contribution is -2.30. The second-order valence-corrected chi connectivity index (χ2v) is 7.03. The van der Waals surface area contributed by atoms with Gasteiger partial charge in [-0.3, -0.25) is 4.79 Å². The zero-order valence-corrected chi connectivity index (χ0v) is 12.0. The van der Waals surface area contributed by atoms with Crippen LogP contribution >= 0.6 is 27.7 Å². The summed E-state index contributed by atoms with van der Waals surface area (Å²) in [7, 11) is 0. The molecule has 0 bridgehead atoms. The van der Waals surface area contributed by atoms with Gasteiger partial charge >= 0.3 is 0 Å². The van der Waals surface area contributed by atoms with Crippen LogP contribution in [0.4, 0.5) is 4.39 Å². The Hall–Kier alpha value is -0.350. The van der Waals surface area contributed by atoms with Crippen LogP contribution in [0.5, 0.6) is 0 Å². The van der Waals surface area contributed by atoms with Crippen molar-refractivity contribution in [1.29, 1.82) is 0 Å². The number of hydrogen-bond donors (Lipinski definition) is 0. The molecule has 0 aliphatic carbocycles. The predicted molar refractivity (Wildman–Crippen MR) is 72.9 cm³/mol. The molecule has 0 saturated carbocycles. The molecule has 1 fully saturated rings. The number of rotatable bonds is 3. The summed E-state index contributed by atoms with van der Waals surface area (Å²) in [5.74, 6) is 0.869. The van der Waals surface area contributed by atoms with E-state index in [1.54, 1.807) is 23.9 Å². The van der Waals surface area contributed by atoms with E-state index in [0.717, 1.165) is 23.1 Å². The minimum atomic E-state index is -0.311. The average molecular weight is 317 g/mol. The third kappa shape index (κ3) is 2.91. The maximum Gasteiger partial charge on any atom is 0.153 e. The van der Waals surface area contributed by atoms with Crippen LogP contribution in [-0.2, 0) is 11.2 Å². The van der Waals surface area contributed by atoms with Gasteiger partial charge < -0.3 is 0 Å². The van der Waals surface area contributed by atoms with Gasteiger partial charge in [0.15, 0.2) is 5.78 Å². The number of Topliss-reactive ketones (excluding diaryl/α,β-unsaturated/α-hetero) is 1. The van der Waals surface area contributed by atoms with E-state index in [4.69, 9.17) is 0 Å². The van der Waals surface area contributed by atoms with Crippen LogP contribution in [0.3, 0.4) is 0 Å². The van der Waals surface area contributed by atoms with Gasteiger partial charge in [0.05, 0.1) is 4.75 Å². The van der Waals surface area contributed by atoms with E-state index >= 15 is 0 Å². The molecule has 1 heterocycles. The number of carbonyl (C=O) groups excluding carboxylic acids is 1. The Bertz CT molecular complexity index is 441. The summed E-state index contributed by atoms with van der Waals surface area (Å²) >= 11 is 5.00. The first-order valence-electron chi connectivity index (χ1n) is 5.62. The second kappa shape index (κ2) is 5.11. The summed E-state index contributed by atoms with van der Waals surface area (Å²) in [6, 6.07) is 4.74. The van der Waals surface area contributed by atoms with Gasteiger partial charge in [0.2, 0.25) is 0 Å². The lowest BCUT2D eigenvalue weighted by molar-refractivity contribution is -0.120. The molecule has 0 spiro atoms. The van der Waals surface area contributed by atoms with Crippen molar-refractivity contribution in [3.63, 3.8) is 0 Å². The maximum atomic E-state index is 13.6. The number of benzene rings is 1. The monoisotopic (exact) mass is 316 g/mol. The maximum absolute atomic E-state index is 13.6. The molecule has 1 saturated heterocycles. The van der Waals surface area contributed by atoms with Crippen molar-refractivity contribution in [2.75, 3.05) is 5.75 Å². The summed E-state index contributed by atoms with van der Waals surface area (Å²) in [5.41, 5.74) is 0.484. The fourth-order valence-electron chi connectivity index (χ4n) is 2.04. The van der Waals surface area contributed by atoms with Crippen molar-refractivity contribution in [2.24, 2.45) is 0 Å². The van der Waals surface area contributed by atoms with E-state index in [9.17, 15) is 9.18 Å². The molecule has 1 nitrogen and oxygen atoms in total. The molecule has 1 unspecified atom stereocenters. The Morgan fingerprint density at radius 3 is 3.00 bits per heavy atom. The van der Waals surface area contributed by atoms with Crippen LogP contribution in [0, 0.1) is 5.82 Å². The van der Waals surface area contributed by atoms with Crippen molar-refractivity contribution in [3.05, 3.63) is 34.1 Å². The van der Waals surface area contributed by atoms with Gasteiger partial charge in [-0.05, 0) is 49.3 Å². The number of ketones is 1. The van der Waals surface area contributed by atoms with Crippen LogP contribution in [0.15, 0.2) is 22.7 Å². The normalized spacial score (nSPS) is 23.9. The number of thioether (sulfide) groups is 1. The third-order valence-corrected chi connectivity index (χ3v) is 5.22. The van der Waals surface area contributed by atoms with E-state index in [-0.39, 0.29) is 22.8 Å². The van der Waals surface area contributed by atoms with Crippen LogP contribution in [0.1, 0.15) is 25.3 Å². The van der Waals surface area contributed by atoms with Crippen LogP contribution in [0.2, 0.25) is 0 Å². The first kappa shape index (κ1) is 13.1. The van der Waals surface area contributed by atoms with Gasteiger partial charge in [0.25, 0.3) is 0 Å². The van der Waals surface area contributed by atoms with Crippen molar-refractivity contribution >= 4 is 33.5 Å². The highest BCUT2D eigenvalue weighted by atomic mass is 79.9. The SMILES string of the molecule is CC1(C(=O)Cc2cc(Br)ccc2F)CCCS1. The first-order chi connectivity index (χ1) is 8.01. The van der Waals surface area contributed by atoms with Crippen LogP contribution in [0.25, 0.3) is 0 Å². The molecule has 1 atom stereocenters. The number of hydrogen-bond acceptors (Lipinski definition) is 2. The first-order valence-corrected chi connectivity index (χ1v) is 7.40. The fourth-order valence-corrected chi connectivity index (χ4v) is 3.71. The highest BCUT2D eigenvalue weighted by Gasteiger charge is 2.36. The molecule has 0 radical (unpaired) electrons. The summed E-state index contributed by atoms with van der Waals surface area (Å²) in [4.78, 5) is 12.2. The lowest BCUT2D eigenvalue weighted by Gasteiger charge is -2.20. The third-order valence-electron chi connectivity index (χ3n) is 3.17. The fraction of sp³-hybridized carbons (Fsp3) is 0.462. The predicted octanol–water partition coefficient (Wildman–Crippen LogP) is 3.99. The molecule has 1 aliphatic rings. The van der Waals surface area contributed by atoms with Gasteiger partial charge in [-0.15, -0.1) is 11.8 Å². The zero-order chi connectivity index (χ0) is 12.5. The van der Waals surface area contributed by atoms with Gasteiger partial charge in [-0.1, -0.05) is 15.9 Å². The molecule has 2 rings (SSSR count). The minimum absolute atomic E-state index is 0.136. The molecule has 0 amide bonds. The molecular weight excluding hydrogens is 303 g/mol. The molecule has 0 N–H and O–H groups in total.